The summed E-state index contributed by atoms with van der Waals surface area (Å²) in [7, 11) is 0. The molecule has 0 saturated heterocycles. The fraction of sp³-hybridized carbons (Fsp3) is 0.250. The number of halogens is 3. The molecule has 0 fully saturated rings. The number of nitrogens with zero attached hydrogens (tertiary/aromatic N) is 1. The van der Waals surface area contributed by atoms with Crippen LogP contribution in [0.4, 0.5) is 18.9 Å². The molecule has 0 unspecified atom stereocenters. The van der Waals surface area contributed by atoms with Crippen LogP contribution in [0.5, 0.6) is 0 Å². The lowest BCUT2D eigenvalue weighted by Gasteiger charge is -2.11. The smallest absolute Gasteiger partial charge is 0.196 e. The summed E-state index contributed by atoms with van der Waals surface area (Å²) in [5.74, 6) is -4.07. The Morgan fingerprint density at radius 1 is 1.24 bits per heavy atom. The van der Waals surface area contributed by atoms with Gasteiger partial charge in [0.2, 0.25) is 0 Å². The maximum absolute atomic E-state index is 13.5. The first-order chi connectivity index (χ1) is 7.97. The van der Waals surface area contributed by atoms with E-state index in [1.54, 1.807) is 6.92 Å². The number of fused-ring (bicyclic) bond motifs is 1. The van der Waals surface area contributed by atoms with Crippen LogP contribution in [0.25, 0.3) is 10.9 Å². The molecule has 2 N–H and O–H groups in total. The Morgan fingerprint density at radius 3 is 2.47 bits per heavy atom. The molecule has 5 heteroatoms. The van der Waals surface area contributed by atoms with Crippen LogP contribution in [-0.2, 0) is 6.42 Å². The molecule has 0 aliphatic rings. The minimum absolute atomic E-state index is 0.115. The molecular weight excluding hydrogens is 229 g/mol. The quantitative estimate of drug-likeness (QED) is 0.778. The lowest BCUT2D eigenvalue weighted by molar-refractivity contribution is 0.452. The summed E-state index contributed by atoms with van der Waals surface area (Å²) in [4.78, 5) is 3.95. The second-order valence-corrected chi connectivity index (χ2v) is 3.83. The number of hydrogen-bond acceptors (Lipinski definition) is 2. The highest BCUT2D eigenvalue weighted by Gasteiger charge is 2.18. The highest BCUT2D eigenvalue weighted by atomic mass is 19.2. The highest BCUT2D eigenvalue weighted by molar-refractivity contribution is 5.92. The van der Waals surface area contributed by atoms with Crippen LogP contribution in [0.15, 0.2) is 6.07 Å². The lowest BCUT2D eigenvalue weighted by atomic mass is 10.0. The van der Waals surface area contributed by atoms with Crippen molar-refractivity contribution in [2.45, 2.75) is 20.3 Å². The lowest BCUT2D eigenvalue weighted by Crippen LogP contribution is -2.04. The van der Waals surface area contributed by atoms with Gasteiger partial charge in [0.1, 0.15) is 5.52 Å². The Bertz CT molecular complexity index is 609. The van der Waals surface area contributed by atoms with Crippen molar-refractivity contribution in [3.63, 3.8) is 0 Å². The third-order valence-corrected chi connectivity index (χ3v) is 2.82. The first-order valence-electron chi connectivity index (χ1n) is 5.19. The fourth-order valence-corrected chi connectivity index (χ4v) is 1.94. The molecule has 1 heterocycles. The van der Waals surface area contributed by atoms with E-state index in [0.29, 0.717) is 12.1 Å². The Balaban J connectivity index is 2.97. The molecule has 2 aromatic rings. The molecule has 0 spiro atoms. The average molecular weight is 240 g/mol. The first-order valence-corrected chi connectivity index (χ1v) is 5.19. The van der Waals surface area contributed by atoms with Crippen LogP contribution in [0, 0.1) is 24.4 Å². The van der Waals surface area contributed by atoms with Crippen molar-refractivity contribution in [3.05, 3.63) is 34.8 Å². The van der Waals surface area contributed by atoms with Crippen molar-refractivity contribution in [1.29, 1.82) is 0 Å². The van der Waals surface area contributed by atoms with Gasteiger partial charge < -0.3 is 5.73 Å². The van der Waals surface area contributed by atoms with Crippen molar-refractivity contribution in [3.8, 4) is 0 Å². The average Bonchev–Trinajstić information content (AvgIpc) is 2.29. The molecule has 0 aliphatic heterocycles. The maximum atomic E-state index is 13.5. The summed E-state index contributed by atoms with van der Waals surface area (Å²) < 4.78 is 39.7. The number of aromatic nitrogens is 1. The van der Waals surface area contributed by atoms with Gasteiger partial charge in [-0.25, -0.2) is 18.2 Å². The molecule has 1 aromatic carbocycles. The summed E-state index contributed by atoms with van der Waals surface area (Å²) in [6.45, 7) is 3.53. The van der Waals surface area contributed by atoms with Crippen molar-refractivity contribution in [2.24, 2.45) is 0 Å². The zero-order chi connectivity index (χ0) is 12.7. The van der Waals surface area contributed by atoms with Crippen LogP contribution in [0.3, 0.4) is 0 Å². The molecule has 0 saturated carbocycles. The number of nitrogen functional groups attached to an aromatic ring is 1. The molecule has 2 rings (SSSR count). The number of anilines is 1. The van der Waals surface area contributed by atoms with Gasteiger partial charge >= 0.3 is 0 Å². The summed E-state index contributed by atoms with van der Waals surface area (Å²) in [6, 6.07) is 0.884. The van der Waals surface area contributed by atoms with Gasteiger partial charge in [-0.2, -0.15) is 0 Å². The van der Waals surface area contributed by atoms with Crippen molar-refractivity contribution < 1.29 is 13.2 Å². The molecule has 0 radical (unpaired) electrons. The summed E-state index contributed by atoms with van der Waals surface area (Å²) >= 11 is 0. The molecule has 0 bridgehead atoms. The van der Waals surface area contributed by atoms with Crippen molar-refractivity contribution in [1.82, 2.24) is 4.98 Å². The van der Waals surface area contributed by atoms with Crippen LogP contribution >= 0.6 is 0 Å². The zero-order valence-electron chi connectivity index (χ0n) is 9.44. The number of aryl methyl sites for hydroxylation is 1. The molecule has 0 amide bonds. The van der Waals surface area contributed by atoms with Crippen LogP contribution in [0.2, 0.25) is 0 Å². The standard InChI is InChI=1S/C12H11F3N2/c1-3-6-5(2)17-12-7(11(6)16)4-8(13)9(14)10(12)15/h4H,3H2,1-2H3,(H2,16,17). The third-order valence-electron chi connectivity index (χ3n) is 2.82. The van der Waals surface area contributed by atoms with Crippen LogP contribution < -0.4 is 5.73 Å². The Kier molecular flexibility index (Phi) is 2.69. The number of nitrogens with two attached hydrogens (primary N) is 1. The van der Waals surface area contributed by atoms with E-state index in [-0.39, 0.29) is 16.6 Å². The minimum atomic E-state index is -1.52. The van der Waals surface area contributed by atoms with Crippen LogP contribution in [0.1, 0.15) is 18.2 Å². The van der Waals surface area contributed by atoms with Gasteiger partial charge in [-0.05, 0) is 25.0 Å². The molecular formula is C12H11F3N2. The Labute approximate surface area is 96.3 Å². The van der Waals surface area contributed by atoms with Gasteiger partial charge in [0.15, 0.2) is 17.5 Å². The number of pyridine rings is 1. The predicted octanol–water partition coefficient (Wildman–Crippen LogP) is 3.11. The molecule has 17 heavy (non-hydrogen) atoms. The molecule has 2 nitrogen and oxygen atoms in total. The Morgan fingerprint density at radius 2 is 1.88 bits per heavy atom. The van der Waals surface area contributed by atoms with Gasteiger partial charge in [0, 0.05) is 16.8 Å². The number of rotatable bonds is 1. The van der Waals surface area contributed by atoms with E-state index in [1.807, 2.05) is 6.92 Å². The van der Waals surface area contributed by atoms with E-state index in [2.05, 4.69) is 4.98 Å². The van der Waals surface area contributed by atoms with E-state index in [0.717, 1.165) is 11.6 Å². The van der Waals surface area contributed by atoms with E-state index in [4.69, 9.17) is 5.73 Å². The predicted molar refractivity (Wildman–Crippen MR) is 60.1 cm³/mol. The maximum Gasteiger partial charge on any atom is 0.196 e. The monoisotopic (exact) mass is 240 g/mol. The van der Waals surface area contributed by atoms with Gasteiger partial charge in [0.05, 0.1) is 0 Å². The molecule has 1 aromatic heterocycles. The second-order valence-electron chi connectivity index (χ2n) is 3.83. The van der Waals surface area contributed by atoms with Gasteiger partial charge in [-0.3, -0.25) is 0 Å². The zero-order valence-corrected chi connectivity index (χ0v) is 9.44. The third kappa shape index (κ3) is 1.62. The van der Waals surface area contributed by atoms with Crippen molar-refractivity contribution in [2.75, 3.05) is 5.73 Å². The molecule has 0 atom stereocenters. The number of hydrogen-bond donors (Lipinski definition) is 1. The summed E-state index contributed by atoms with van der Waals surface area (Å²) in [5.41, 5.74) is 7.11. The van der Waals surface area contributed by atoms with E-state index in [9.17, 15) is 13.2 Å². The number of benzene rings is 1. The molecule has 90 valence electrons. The van der Waals surface area contributed by atoms with E-state index in [1.165, 1.54) is 0 Å². The van der Waals surface area contributed by atoms with E-state index >= 15 is 0 Å². The normalized spacial score (nSPS) is 11.1. The summed E-state index contributed by atoms with van der Waals surface area (Å²) in [5, 5.41) is 0.115. The largest absolute Gasteiger partial charge is 0.398 e. The van der Waals surface area contributed by atoms with Crippen LogP contribution in [-0.4, -0.2) is 4.98 Å². The summed E-state index contributed by atoms with van der Waals surface area (Å²) in [6.07, 6.45) is 0.598. The second kappa shape index (κ2) is 3.91. The van der Waals surface area contributed by atoms with Gasteiger partial charge in [0.25, 0.3) is 0 Å². The highest BCUT2D eigenvalue weighted by Crippen LogP contribution is 2.30. The van der Waals surface area contributed by atoms with Gasteiger partial charge in [-0.15, -0.1) is 0 Å². The van der Waals surface area contributed by atoms with E-state index < -0.39 is 17.5 Å². The van der Waals surface area contributed by atoms with Gasteiger partial charge in [-0.1, -0.05) is 6.92 Å². The SMILES string of the molecule is CCc1c(C)nc2c(F)c(F)c(F)cc2c1N. The fourth-order valence-electron chi connectivity index (χ4n) is 1.94. The molecule has 0 aliphatic carbocycles. The topological polar surface area (TPSA) is 38.9 Å². The minimum Gasteiger partial charge on any atom is -0.398 e. The Hall–Kier alpha value is -1.78. The van der Waals surface area contributed by atoms with Crippen molar-refractivity contribution >= 4 is 16.6 Å². The first kappa shape index (κ1) is 11.7.